The molecule has 1 aromatic heterocycles. The fraction of sp³-hybridized carbons (Fsp3) is 0.643. The van der Waals surface area contributed by atoms with Gasteiger partial charge in [-0.1, -0.05) is 0 Å². The molecule has 1 saturated heterocycles. The first kappa shape index (κ1) is 14.9. The molecule has 6 heteroatoms. The van der Waals surface area contributed by atoms with Gasteiger partial charge >= 0.3 is 5.97 Å². The molecular formula is C14H21N3O3. The van der Waals surface area contributed by atoms with Crippen LogP contribution in [0, 0.1) is 0 Å². The van der Waals surface area contributed by atoms with Crippen molar-refractivity contribution < 1.29 is 14.3 Å². The number of carbonyl (C=O) groups is 1. The summed E-state index contributed by atoms with van der Waals surface area (Å²) in [6.07, 6.45) is 6.26. The van der Waals surface area contributed by atoms with Crippen LogP contribution in [-0.4, -0.2) is 53.7 Å². The quantitative estimate of drug-likeness (QED) is 0.694. The summed E-state index contributed by atoms with van der Waals surface area (Å²) in [4.78, 5) is 21.9. The second kappa shape index (κ2) is 7.91. The Labute approximate surface area is 119 Å². The highest BCUT2D eigenvalue weighted by atomic mass is 16.5. The van der Waals surface area contributed by atoms with Crippen molar-refractivity contribution in [2.24, 2.45) is 0 Å². The Morgan fingerprint density at radius 3 is 2.95 bits per heavy atom. The monoisotopic (exact) mass is 279 g/mol. The normalized spacial score (nSPS) is 18.4. The molecule has 1 aliphatic rings. The molecule has 0 aromatic carbocycles. The average molecular weight is 279 g/mol. The van der Waals surface area contributed by atoms with Crippen LogP contribution in [0.3, 0.4) is 0 Å². The average Bonchev–Trinajstić information content (AvgIpc) is 2.98. The number of carbonyl (C=O) groups excluding carboxylic acids is 1. The molecule has 0 saturated carbocycles. The lowest BCUT2D eigenvalue weighted by atomic mass is 10.2. The van der Waals surface area contributed by atoms with Crippen LogP contribution in [0.4, 0.5) is 0 Å². The summed E-state index contributed by atoms with van der Waals surface area (Å²) in [5.74, 6) is 0.562. The van der Waals surface area contributed by atoms with Crippen LogP contribution in [0.15, 0.2) is 18.5 Å². The minimum Gasteiger partial charge on any atom is -0.469 e. The Morgan fingerprint density at radius 2 is 2.30 bits per heavy atom. The van der Waals surface area contributed by atoms with Crippen molar-refractivity contribution in [3.63, 3.8) is 0 Å². The number of esters is 1. The third-order valence-electron chi connectivity index (χ3n) is 3.33. The Bertz CT molecular complexity index is 407. The molecule has 110 valence electrons. The van der Waals surface area contributed by atoms with Gasteiger partial charge in [0, 0.05) is 32.1 Å². The second-order valence-corrected chi connectivity index (χ2v) is 4.86. The SMILES string of the molecule is COC(=O)CCN(Cc1ncccn1)CC1CCCO1. The van der Waals surface area contributed by atoms with Gasteiger partial charge in [0.05, 0.1) is 26.2 Å². The maximum Gasteiger partial charge on any atom is 0.306 e. The summed E-state index contributed by atoms with van der Waals surface area (Å²) in [6.45, 7) is 2.88. The summed E-state index contributed by atoms with van der Waals surface area (Å²) in [5, 5.41) is 0. The van der Waals surface area contributed by atoms with Gasteiger partial charge < -0.3 is 9.47 Å². The summed E-state index contributed by atoms with van der Waals surface area (Å²) in [7, 11) is 1.41. The third kappa shape index (κ3) is 4.86. The maximum atomic E-state index is 11.3. The highest BCUT2D eigenvalue weighted by Crippen LogP contribution is 2.14. The van der Waals surface area contributed by atoms with Crippen LogP contribution < -0.4 is 0 Å². The molecule has 1 unspecified atom stereocenters. The Kier molecular flexibility index (Phi) is 5.88. The molecule has 0 aliphatic carbocycles. The topological polar surface area (TPSA) is 64.5 Å². The van der Waals surface area contributed by atoms with E-state index in [1.807, 2.05) is 0 Å². The van der Waals surface area contributed by atoms with Gasteiger partial charge in [0.25, 0.3) is 0 Å². The number of hydrogen-bond acceptors (Lipinski definition) is 6. The largest absolute Gasteiger partial charge is 0.469 e. The molecule has 20 heavy (non-hydrogen) atoms. The van der Waals surface area contributed by atoms with E-state index in [1.54, 1.807) is 18.5 Å². The molecule has 0 amide bonds. The zero-order valence-corrected chi connectivity index (χ0v) is 11.8. The minimum absolute atomic E-state index is 0.198. The van der Waals surface area contributed by atoms with E-state index in [9.17, 15) is 4.79 Å². The highest BCUT2D eigenvalue weighted by molar-refractivity contribution is 5.69. The second-order valence-electron chi connectivity index (χ2n) is 4.86. The number of hydrogen-bond donors (Lipinski definition) is 0. The van der Waals surface area contributed by atoms with Gasteiger partial charge in [-0.3, -0.25) is 9.69 Å². The number of rotatable bonds is 7. The van der Waals surface area contributed by atoms with Crippen molar-refractivity contribution in [2.45, 2.75) is 31.9 Å². The van der Waals surface area contributed by atoms with Crippen molar-refractivity contribution in [1.29, 1.82) is 0 Å². The van der Waals surface area contributed by atoms with Crippen LogP contribution in [0.5, 0.6) is 0 Å². The molecule has 1 aliphatic heterocycles. The van der Waals surface area contributed by atoms with Crippen LogP contribution in [-0.2, 0) is 20.8 Å². The molecule has 1 fully saturated rings. The first-order chi connectivity index (χ1) is 9.78. The fourth-order valence-corrected chi connectivity index (χ4v) is 2.27. The lowest BCUT2D eigenvalue weighted by Gasteiger charge is -2.23. The fourth-order valence-electron chi connectivity index (χ4n) is 2.27. The van der Waals surface area contributed by atoms with Gasteiger partial charge in [0.2, 0.25) is 0 Å². The van der Waals surface area contributed by atoms with E-state index in [1.165, 1.54) is 7.11 Å². The van der Waals surface area contributed by atoms with Crippen LogP contribution in [0.1, 0.15) is 25.1 Å². The van der Waals surface area contributed by atoms with Crippen LogP contribution >= 0.6 is 0 Å². The summed E-state index contributed by atoms with van der Waals surface area (Å²) in [5.41, 5.74) is 0. The molecule has 1 atom stereocenters. The molecule has 1 aromatic rings. The Morgan fingerprint density at radius 1 is 1.50 bits per heavy atom. The predicted molar refractivity (Wildman–Crippen MR) is 72.9 cm³/mol. The zero-order chi connectivity index (χ0) is 14.2. The Hall–Kier alpha value is -1.53. The van der Waals surface area contributed by atoms with Crippen molar-refractivity contribution >= 4 is 5.97 Å². The van der Waals surface area contributed by atoms with Gasteiger partial charge in [-0.05, 0) is 18.9 Å². The molecule has 0 N–H and O–H groups in total. The molecular weight excluding hydrogens is 258 g/mol. The number of methoxy groups -OCH3 is 1. The minimum atomic E-state index is -0.198. The van der Waals surface area contributed by atoms with Crippen molar-refractivity contribution in [3.05, 3.63) is 24.3 Å². The predicted octanol–water partition coefficient (Wildman–Crippen LogP) is 1.02. The summed E-state index contributed by atoms with van der Waals surface area (Å²) >= 11 is 0. The molecule has 6 nitrogen and oxygen atoms in total. The van der Waals surface area contributed by atoms with Gasteiger partial charge in [-0.15, -0.1) is 0 Å². The van der Waals surface area contributed by atoms with E-state index in [4.69, 9.17) is 9.47 Å². The van der Waals surface area contributed by atoms with Gasteiger partial charge in [0.1, 0.15) is 5.82 Å². The van der Waals surface area contributed by atoms with Crippen molar-refractivity contribution in [2.75, 3.05) is 26.8 Å². The van der Waals surface area contributed by atoms with E-state index in [-0.39, 0.29) is 12.1 Å². The van der Waals surface area contributed by atoms with Crippen molar-refractivity contribution in [3.8, 4) is 0 Å². The Balaban J connectivity index is 1.89. The zero-order valence-electron chi connectivity index (χ0n) is 11.8. The maximum absolute atomic E-state index is 11.3. The molecule has 0 spiro atoms. The highest BCUT2D eigenvalue weighted by Gasteiger charge is 2.20. The molecule has 0 bridgehead atoms. The number of nitrogens with zero attached hydrogens (tertiary/aromatic N) is 3. The van der Waals surface area contributed by atoms with Crippen molar-refractivity contribution in [1.82, 2.24) is 14.9 Å². The third-order valence-corrected chi connectivity index (χ3v) is 3.33. The van der Waals surface area contributed by atoms with Gasteiger partial charge in [-0.2, -0.15) is 0 Å². The molecule has 2 rings (SSSR count). The lowest BCUT2D eigenvalue weighted by Crippen LogP contribution is -2.34. The van der Waals surface area contributed by atoms with E-state index in [0.717, 1.165) is 31.8 Å². The summed E-state index contributed by atoms with van der Waals surface area (Å²) in [6, 6.07) is 1.79. The number of ether oxygens (including phenoxy) is 2. The van der Waals surface area contributed by atoms with Gasteiger partial charge in [0.15, 0.2) is 0 Å². The van der Waals surface area contributed by atoms with Crippen LogP contribution in [0.2, 0.25) is 0 Å². The van der Waals surface area contributed by atoms with E-state index in [2.05, 4.69) is 14.9 Å². The lowest BCUT2D eigenvalue weighted by molar-refractivity contribution is -0.141. The first-order valence-electron chi connectivity index (χ1n) is 6.94. The molecule has 2 heterocycles. The summed E-state index contributed by atoms with van der Waals surface area (Å²) < 4.78 is 10.3. The smallest absolute Gasteiger partial charge is 0.306 e. The van der Waals surface area contributed by atoms with Crippen LogP contribution in [0.25, 0.3) is 0 Å². The molecule has 0 radical (unpaired) electrons. The van der Waals surface area contributed by atoms with E-state index >= 15 is 0 Å². The first-order valence-corrected chi connectivity index (χ1v) is 6.94. The van der Waals surface area contributed by atoms with E-state index in [0.29, 0.717) is 19.5 Å². The number of aromatic nitrogens is 2. The van der Waals surface area contributed by atoms with E-state index < -0.39 is 0 Å². The standard InChI is InChI=1S/C14H21N3O3/c1-19-14(18)5-8-17(10-12-4-2-9-20-12)11-13-15-6-3-7-16-13/h3,6-7,12H,2,4-5,8-11H2,1H3. The van der Waals surface area contributed by atoms with Gasteiger partial charge in [-0.25, -0.2) is 9.97 Å².